The van der Waals surface area contributed by atoms with Crippen molar-refractivity contribution >= 4 is 23.3 Å². The number of nitriles is 2. The SMILES string of the molecule is N#Cc1c(N)nc(Sc2ccccc2)c(C#N)c1-c1ccc([N+](=O)[O-])cc1. The lowest BCUT2D eigenvalue weighted by molar-refractivity contribution is -0.384. The van der Waals surface area contributed by atoms with Gasteiger partial charge in [0.1, 0.15) is 28.5 Å². The molecule has 0 unspecified atom stereocenters. The maximum Gasteiger partial charge on any atom is 0.269 e. The maximum atomic E-state index is 10.9. The van der Waals surface area contributed by atoms with Gasteiger partial charge in [-0.3, -0.25) is 10.1 Å². The molecule has 0 aliphatic carbocycles. The largest absolute Gasteiger partial charge is 0.383 e. The monoisotopic (exact) mass is 373 g/mol. The Morgan fingerprint density at radius 2 is 1.63 bits per heavy atom. The van der Waals surface area contributed by atoms with E-state index in [-0.39, 0.29) is 22.6 Å². The van der Waals surface area contributed by atoms with E-state index in [9.17, 15) is 20.6 Å². The summed E-state index contributed by atoms with van der Waals surface area (Å²) < 4.78 is 0. The molecular formula is C19H11N5O2S. The number of nitrogens with zero attached hydrogens (tertiary/aromatic N) is 4. The predicted octanol–water partition coefficient (Wildman–Crippen LogP) is 4.13. The quantitative estimate of drug-likeness (QED) is 0.537. The van der Waals surface area contributed by atoms with Crippen LogP contribution in [0.2, 0.25) is 0 Å². The highest BCUT2D eigenvalue weighted by molar-refractivity contribution is 7.99. The number of hydrogen-bond donors (Lipinski definition) is 1. The summed E-state index contributed by atoms with van der Waals surface area (Å²) in [6, 6.07) is 19.0. The zero-order valence-corrected chi connectivity index (χ0v) is 14.6. The van der Waals surface area contributed by atoms with Crippen molar-refractivity contribution in [2.45, 2.75) is 9.92 Å². The van der Waals surface area contributed by atoms with E-state index in [0.717, 1.165) is 4.90 Å². The number of benzene rings is 2. The van der Waals surface area contributed by atoms with Gasteiger partial charge in [0.15, 0.2) is 0 Å². The van der Waals surface area contributed by atoms with Crippen LogP contribution in [0.3, 0.4) is 0 Å². The van der Waals surface area contributed by atoms with Crippen LogP contribution >= 0.6 is 11.8 Å². The minimum Gasteiger partial charge on any atom is -0.383 e. The molecule has 7 nitrogen and oxygen atoms in total. The Hall–Kier alpha value is -3.88. The standard InChI is InChI=1S/C19H11N5O2S/c20-10-15-17(12-6-8-13(9-7-12)24(25)26)16(11-21)19(23-18(15)22)27-14-4-2-1-3-5-14/h1-9H,(H2,22,23). The Balaban J connectivity index is 2.21. The summed E-state index contributed by atoms with van der Waals surface area (Å²) in [5, 5.41) is 30.5. The number of nitro benzene ring substituents is 1. The highest BCUT2D eigenvalue weighted by Gasteiger charge is 2.21. The van der Waals surface area contributed by atoms with Gasteiger partial charge in [0, 0.05) is 22.6 Å². The van der Waals surface area contributed by atoms with Crippen molar-refractivity contribution in [1.82, 2.24) is 4.98 Å². The second kappa shape index (κ2) is 7.56. The predicted molar refractivity (Wildman–Crippen MR) is 101 cm³/mol. The second-order valence-electron chi connectivity index (χ2n) is 5.37. The number of aromatic nitrogens is 1. The summed E-state index contributed by atoms with van der Waals surface area (Å²) in [6.07, 6.45) is 0. The Morgan fingerprint density at radius 3 is 2.19 bits per heavy atom. The topological polar surface area (TPSA) is 130 Å². The molecule has 3 rings (SSSR count). The van der Waals surface area contributed by atoms with Crippen molar-refractivity contribution in [3.63, 3.8) is 0 Å². The number of nitrogens with two attached hydrogens (primary N) is 1. The van der Waals surface area contributed by atoms with Crippen LogP contribution in [0.15, 0.2) is 64.5 Å². The molecule has 2 aromatic carbocycles. The number of nitro groups is 1. The molecule has 0 aliphatic heterocycles. The third-order valence-electron chi connectivity index (χ3n) is 3.74. The fourth-order valence-corrected chi connectivity index (χ4v) is 3.42. The van der Waals surface area contributed by atoms with Crippen LogP contribution in [-0.4, -0.2) is 9.91 Å². The number of hydrogen-bond acceptors (Lipinski definition) is 7. The maximum absolute atomic E-state index is 10.9. The minimum absolute atomic E-state index is 0.00304. The molecule has 130 valence electrons. The lowest BCUT2D eigenvalue weighted by Crippen LogP contribution is -2.03. The molecule has 0 aliphatic rings. The van der Waals surface area contributed by atoms with Crippen molar-refractivity contribution in [3.8, 4) is 23.3 Å². The second-order valence-corrected chi connectivity index (χ2v) is 6.43. The van der Waals surface area contributed by atoms with E-state index >= 15 is 0 Å². The van der Waals surface area contributed by atoms with E-state index in [0.29, 0.717) is 16.2 Å². The van der Waals surface area contributed by atoms with E-state index in [4.69, 9.17) is 5.73 Å². The third kappa shape index (κ3) is 3.56. The number of anilines is 1. The molecule has 1 heterocycles. The fraction of sp³-hybridized carbons (Fsp3) is 0. The van der Waals surface area contributed by atoms with Gasteiger partial charge in [-0.05, 0) is 29.8 Å². The summed E-state index contributed by atoms with van der Waals surface area (Å²) in [5.74, 6) is 0.00304. The first kappa shape index (κ1) is 17.9. The number of nitrogen functional groups attached to an aromatic ring is 1. The van der Waals surface area contributed by atoms with E-state index < -0.39 is 4.92 Å². The molecule has 27 heavy (non-hydrogen) atoms. The summed E-state index contributed by atoms with van der Waals surface area (Å²) in [6.45, 7) is 0. The van der Waals surface area contributed by atoms with Crippen molar-refractivity contribution in [2.75, 3.05) is 5.73 Å². The molecule has 3 aromatic rings. The molecule has 2 N–H and O–H groups in total. The van der Waals surface area contributed by atoms with Crippen LogP contribution in [0.4, 0.5) is 11.5 Å². The Morgan fingerprint density at radius 1 is 1.00 bits per heavy atom. The zero-order valence-electron chi connectivity index (χ0n) is 13.8. The van der Waals surface area contributed by atoms with Crippen LogP contribution in [0, 0.1) is 32.8 Å². The van der Waals surface area contributed by atoms with Gasteiger partial charge in [0.05, 0.1) is 10.5 Å². The van der Waals surface area contributed by atoms with Gasteiger partial charge >= 0.3 is 0 Å². The molecule has 0 spiro atoms. The molecule has 0 amide bonds. The van der Waals surface area contributed by atoms with E-state index in [1.54, 1.807) is 0 Å². The number of rotatable bonds is 4. The highest BCUT2D eigenvalue weighted by Crippen LogP contribution is 2.38. The van der Waals surface area contributed by atoms with E-state index in [1.807, 2.05) is 36.4 Å². The van der Waals surface area contributed by atoms with Gasteiger partial charge in [-0.25, -0.2) is 4.98 Å². The van der Waals surface area contributed by atoms with Crippen LogP contribution < -0.4 is 5.73 Å². The molecule has 0 bridgehead atoms. The van der Waals surface area contributed by atoms with Crippen molar-refractivity contribution in [1.29, 1.82) is 10.5 Å². The van der Waals surface area contributed by atoms with Gasteiger partial charge in [-0.2, -0.15) is 10.5 Å². The van der Waals surface area contributed by atoms with Gasteiger partial charge in [0.2, 0.25) is 0 Å². The third-order valence-corrected chi connectivity index (χ3v) is 4.74. The Labute approximate surface area is 158 Å². The smallest absolute Gasteiger partial charge is 0.269 e. The number of pyridine rings is 1. The van der Waals surface area contributed by atoms with Gasteiger partial charge < -0.3 is 5.73 Å². The minimum atomic E-state index is -0.516. The molecule has 0 atom stereocenters. The lowest BCUT2D eigenvalue weighted by Gasteiger charge is -2.13. The van der Waals surface area contributed by atoms with Crippen LogP contribution in [-0.2, 0) is 0 Å². The highest BCUT2D eigenvalue weighted by atomic mass is 32.2. The average molecular weight is 373 g/mol. The Kier molecular flexibility index (Phi) is 5.02. The molecule has 1 aromatic heterocycles. The Bertz CT molecular complexity index is 1100. The number of non-ortho nitro benzene ring substituents is 1. The summed E-state index contributed by atoms with van der Waals surface area (Å²) in [4.78, 5) is 15.4. The summed E-state index contributed by atoms with van der Waals surface area (Å²) in [7, 11) is 0. The average Bonchev–Trinajstić information content (AvgIpc) is 2.68. The van der Waals surface area contributed by atoms with Gasteiger partial charge in [-0.1, -0.05) is 30.0 Å². The van der Waals surface area contributed by atoms with Crippen molar-refractivity contribution in [2.24, 2.45) is 0 Å². The summed E-state index contributed by atoms with van der Waals surface area (Å²) >= 11 is 1.26. The zero-order chi connectivity index (χ0) is 19.4. The molecule has 8 heteroatoms. The fourth-order valence-electron chi connectivity index (χ4n) is 2.51. The van der Waals surface area contributed by atoms with Gasteiger partial charge in [0.25, 0.3) is 5.69 Å². The molecule has 0 saturated carbocycles. The molecule has 0 radical (unpaired) electrons. The van der Waals surface area contributed by atoms with Crippen LogP contribution in [0.5, 0.6) is 0 Å². The van der Waals surface area contributed by atoms with Crippen molar-refractivity contribution < 1.29 is 4.92 Å². The van der Waals surface area contributed by atoms with Crippen LogP contribution in [0.1, 0.15) is 11.1 Å². The molecule has 0 saturated heterocycles. The van der Waals surface area contributed by atoms with E-state index in [2.05, 4.69) is 11.1 Å². The first-order chi connectivity index (χ1) is 13.0. The van der Waals surface area contributed by atoms with Crippen molar-refractivity contribution in [3.05, 3.63) is 75.8 Å². The summed E-state index contributed by atoms with van der Waals surface area (Å²) in [5.41, 5.74) is 6.94. The van der Waals surface area contributed by atoms with Gasteiger partial charge in [-0.15, -0.1) is 0 Å². The lowest BCUT2D eigenvalue weighted by atomic mass is 9.97. The normalized spacial score (nSPS) is 10.0. The van der Waals surface area contributed by atoms with Crippen LogP contribution in [0.25, 0.3) is 11.1 Å². The first-order valence-electron chi connectivity index (χ1n) is 7.66. The molecular weight excluding hydrogens is 362 g/mol. The van der Waals surface area contributed by atoms with E-state index in [1.165, 1.54) is 36.0 Å². The molecule has 0 fully saturated rings. The first-order valence-corrected chi connectivity index (χ1v) is 8.48.